The van der Waals surface area contributed by atoms with E-state index in [-0.39, 0.29) is 0 Å². The van der Waals surface area contributed by atoms with E-state index in [4.69, 9.17) is 12.2 Å². The minimum atomic E-state index is 0.356. The monoisotopic (exact) mass is 236 g/mol. The lowest BCUT2D eigenvalue weighted by atomic mass is 10.1. The summed E-state index contributed by atoms with van der Waals surface area (Å²) >= 11 is 5.26. The van der Waals surface area contributed by atoms with Crippen LogP contribution in [0, 0.1) is 6.92 Å². The summed E-state index contributed by atoms with van der Waals surface area (Å²) in [5, 5.41) is 7.16. The van der Waals surface area contributed by atoms with Gasteiger partial charge in [-0.05, 0) is 50.5 Å². The zero-order chi connectivity index (χ0) is 12.1. The maximum absolute atomic E-state index is 5.26. The molecule has 0 saturated heterocycles. The second-order valence-corrected chi connectivity index (χ2v) is 4.62. The number of hydrogen-bond acceptors (Lipinski definition) is 1. The molecule has 0 saturated carbocycles. The Labute approximate surface area is 103 Å². The highest BCUT2D eigenvalue weighted by Crippen LogP contribution is 2.20. The Balaban J connectivity index is 2.83. The Morgan fingerprint density at radius 2 is 2.06 bits per heavy atom. The molecule has 3 heteroatoms. The summed E-state index contributed by atoms with van der Waals surface area (Å²) in [5.41, 5.74) is 3.67. The van der Waals surface area contributed by atoms with Crippen LogP contribution >= 0.6 is 12.2 Å². The normalized spacial score (nSPS) is 10.3. The van der Waals surface area contributed by atoms with E-state index in [1.165, 1.54) is 11.1 Å². The smallest absolute Gasteiger partial charge is 0.170 e. The van der Waals surface area contributed by atoms with Crippen molar-refractivity contribution in [2.45, 2.75) is 40.2 Å². The average molecular weight is 236 g/mol. The molecule has 16 heavy (non-hydrogen) atoms. The molecule has 1 rings (SSSR count). The minimum Gasteiger partial charge on any atom is -0.360 e. The van der Waals surface area contributed by atoms with Crippen LogP contribution in [-0.2, 0) is 6.42 Å². The van der Waals surface area contributed by atoms with Crippen molar-refractivity contribution < 1.29 is 0 Å². The second-order valence-electron chi connectivity index (χ2n) is 4.22. The van der Waals surface area contributed by atoms with Crippen molar-refractivity contribution in [2.24, 2.45) is 0 Å². The van der Waals surface area contributed by atoms with E-state index in [9.17, 15) is 0 Å². The molecule has 0 unspecified atom stereocenters. The van der Waals surface area contributed by atoms with Crippen LogP contribution in [0.3, 0.4) is 0 Å². The Kier molecular flexibility index (Phi) is 4.74. The lowest BCUT2D eigenvalue weighted by Crippen LogP contribution is -2.34. The van der Waals surface area contributed by atoms with E-state index in [2.05, 4.69) is 56.5 Å². The van der Waals surface area contributed by atoms with Crippen molar-refractivity contribution in [3.63, 3.8) is 0 Å². The third-order valence-electron chi connectivity index (χ3n) is 2.40. The second kappa shape index (κ2) is 5.85. The highest BCUT2D eigenvalue weighted by molar-refractivity contribution is 7.80. The van der Waals surface area contributed by atoms with E-state index in [0.29, 0.717) is 11.2 Å². The van der Waals surface area contributed by atoms with Crippen molar-refractivity contribution in [1.29, 1.82) is 0 Å². The fourth-order valence-corrected chi connectivity index (χ4v) is 1.95. The molecule has 2 nitrogen and oxygen atoms in total. The van der Waals surface area contributed by atoms with Gasteiger partial charge in [-0.25, -0.2) is 0 Å². The highest BCUT2D eigenvalue weighted by atomic mass is 32.1. The predicted octanol–water partition coefficient (Wildman–Crippen LogP) is 3.25. The number of rotatable bonds is 3. The summed E-state index contributed by atoms with van der Waals surface area (Å²) in [6, 6.07) is 6.67. The molecule has 0 atom stereocenters. The standard InChI is InChI=1S/C13H20N2S/c1-5-11-8-6-7-10(4)12(11)15-13(16)14-9(2)3/h6-9H,5H2,1-4H3,(H2,14,15,16). The summed E-state index contributed by atoms with van der Waals surface area (Å²) < 4.78 is 0. The van der Waals surface area contributed by atoms with E-state index >= 15 is 0 Å². The number of para-hydroxylation sites is 1. The van der Waals surface area contributed by atoms with E-state index in [1.807, 2.05) is 0 Å². The Bertz CT molecular complexity index is 372. The molecule has 1 aromatic rings. The molecule has 88 valence electrons. The Morgan fingerprint density at radius 1 is 1.38 bits per heavy atom. The van der Waals surface area contributed by atoms with Gasteiger partial charge in [0.2, 0.25) is 0 Å². The van der Waals surface area contributed by atoms with Crippen molar-refractivity contribution in [2.75, 3.05) is 5.32 Å². The molecule has 0 aliphatic carbocycles. The lowest BCUT2D eigenvalue weighted by molar-refractivity contribution is 0.739. The molecule has 0 fully saturated rings. The molecule has 2 N–H and O–H groups in total. The summed E-state index contributed by atoms with van der Waals surface area (Å²) in [7, 11) is 0. The topological polar surface area (TPSA) is 24.1 Å². The molecular weight excluding hydrogens is 216 g/mol. The number of aryl methyl sites for hydroxylation is 2. The fourth-order valence-electron chi connectivity index (χ4n) is 1.61. The number of benzene rings is 1. The van der Waals surface area contributed by atoms with Crippen LogP contribution in [0.4, 0.5) is 5.69 Å². The average Bonchev–Trinajstić information content (AvgIpc) is 2.20. The first-order valence-corrected chi connectivity index (χ1v) is 6.11. The summed E-state index contributed by atoms with van der Waals surface area (Å²) in [6.07, 6.45) is 1.01. The highest BCUT2D eigenvalue weighted by Gasteiger charge is 2.06. The lowest BCUT2D eigenvalue weighted by Gasteiger charge is -2.17. The molecule has 0 amide bonds. The predicted molar refractivity (Wildman–Crippen MR) is 75.0 cm³/mol. The minimum absolute atomic E-state index is 0.356. The molecule has 0 aromatic heterocycles. The third kappa shape index (κ3) is 3.49. The van der Waals surface area contributed by atoms with Gasteiger partial charge >= 0.3 is 0 Å². The van der Waals surface area contributed by atoms with Crippen molar-refractivity contribution in [1.82, 2.24) is 5.32 Å². The van der Waals surface area contributed by atoms with Crippen molar-refractivity contribution in [3.05, 3.63) is 29.3 Å². The van der Waals surface area contributed by atoms with Crippen LogP contribution in [-0.4, -0.2) is 11.2 Å². The molecule has 0 spiro atoms. The largest absolute Gasteiger partial charge is 0.360 e. The van der Waals surface area contributed by atoms with Crippen LogP contribution in [0.2, 0.25) is 0 Å². The van der Waals surface area contributed by atoms with Gasteiger partial charge in [0.15, 0.2) is 5.11 Å². The zero-order valence-corrected chi connectivity index (χ0v) is 11.2. The first kappa shape index (κ1) is 13.0. The van der Waals surface area contributed by atoms with Crippen molar-refractivity contribution >= 4 is 23.0 Å². The number of nitrogens with one attached hydrogen (secondary N) is 2. The molecule has 1 aromatic carbocycles. The van der Waals surface area contributed by atoms with Gasteiger partial charge in [0, 0.05) is 11.7 Å². The zero-order valence-electron chi connectivity index (χ0n) is 10.4. The first-order valence-electron chi connectivity index (χ1n) is 5.70. The van der Waals surface area contributed by atoms with Gasteiger partial charge in [0.25, 0.3) is 0 Å². The van der Waals surface area contributed by atoms with E-state index in [0.717, 1.165) is 12.1 Å². The Morgan fingerprint density at radius 3 is 2.62 bits per heavy atom. The number of hydrogen-bond donors (Lipinski definition) is 2. The van der Waals surface area contributed by atoms with Gasteiger partial charge in [0.1, 0.15) is 0 Å². The van der Waals surface area contributed by atoms with Crippen LogP contribution < -0.4 is 10.6 Å². The van der Waals surface area contributed by atoms with Gasteiger partial charge in [-0.3, -0.25) is 0 Å². The summed E-state index contributed by atoms with van der Waals surface area (Å²) in [6.45, 7) is 8.40. The van der Waals surface area contributed by atoms with Crippen LogP contribution in [0.25, 0.3) is 0 Å². The summed E-state index contributed by atoms with van der Waals surface area (Å²) in [5.74, 6) is 0. The number of anilines is 1. The molecule has 0 aliphatic rings. The van der Waals surface area contributed by atoms with Crippen molar-refractivity contribution in [3.8, 4) is 0 Å². The SMILES string of the molecule is CCc1cccc(C)c1NC(=S)NC(C)C. The number of thiocarbonyl (C=S) groups is 1. The van der Waals surface area contributed by atoms with Gasteiger partial charge in [-0.2, -0.15) is 0 Å². The van der Waals surface area contributed by atoms with E-state index < -0.39 is 0 Å². The quantitative estimate of drug-likeness (QED) is 0.788. The van der Waals surface area contributed by atoms with Crippen LogP contribution in [0.15, 0.2) is 18.2 Å². The van der Waals surface area contributed by atoms with Gasteiger partial charge < -0.3 is 10.6 Å². The van der Waals surface area contributed by atoms with Gasteiger partial charge in [-0.15, -0.1) is 0 Å². The van der Waals surface area contributed by atoms with Gasteiger partial charge in [-0.1, -0.05) is 25.1 Å². The van der Waals surface area contributed by atoms with Gasteiger partial charge in [0.05, 0.1) is 0 Å². The Hall–Kier alpha value is -1.09. The molecule has 0 heterocycles. The molecular formula is C13H20N2S. The molecule has 0 bridgehead atoms. The maximum Gasteiger partial charge on any atom is 0.170 e. The van der Waals surface area contributed by atoms with Crippen LogP contribution in [0.5, 0.6) is 0 Å². The third-order valence-corrected chi connectivity index (χ3v) is 2.62. The van der Waals surface area contributed by atoms with E-state index in [1.54, 1.807) is 0 Å². The molecule has 0 aliphatic heterocycles. The fraction of sp³-hybridized carbons (Fsp3) is 0.462. The first-order chi connectivity index (χ1) is 7.54. The molecule has 0 radical (unpaired) electrons. The van der Waals surface area contributed by atoms with Crippen LogP contribution in [0.1, 0.15) is 31.9 Å². The summed E-state index contributed by atoms with van der Waals surface area (Å²) in [4.78, 5) is 0. The maximum atomic E-state index is 5.26.